The van der Waals surface area contributed by atoms with E-state index in [1.807, 2.05) is 24.3 Å². The molecular formula is C15H9NO3. The first-order valence-corrected chi connectivity index (χ1v) is 5.75. The van der Waals surface area contributed by atoms with E-state index in [2.05, 4.69) is 0 Å². The SMILES string of the molecule is N#CCOc1ccc2c(c1)oc(=O)c1ccccc12. The van der Waals surface area contributed by atoms with E-state index in [1.54, 1.807) is 24.3 Å². The van der Waals surface area contributed by atoms with Gasteiger partial charge in [0.05, 0.1) is 5.39 Å². The molecule has 0 aliphatic carbocycles. The summed E-state index contributed by atoms with van der Waals surface area (Å²) in [4.78, 5) is 11.9. The van der Waals surface area contributed by atoms with Gasteiger partial charge in [-0.2, -0.15) is 5.26 Å². The van der Waals surface area contributed by atoms with Crippen molar-refractivity contribution >= 4 is 21.7 Å². The summed E-state index contributed by atoms with van der Waals surface area (Å²) in [7, 11) is 0. The molecule has 0 atom stereocenters. The molecule has 2 aromatic carbocycles. The van der Waals surface area contributed by atoms with Crippen molar-refractivity contribution in [2.75, 3.05) is 6.61 Å². The maximum absolute atomic E-state index is 11.9. The molecule has 92 valence electrons. The fourth-order valence-corrected chi connectivity index (χ4v) is 2.07. The van der Waals surface area contributed by atoms with Crippen molar-refractivity contribution in [1.82, 2.24) is 0 Å². The zero-order valence-electron chi connectivity index (χ0n) is 9.92. The number of hydrogen-bond acceptors (Lipinski definition) is 4. The topological polar surface area (TPSA) is 63.2 Å². The maximum Gasteiger partial charge on any atom is 0.344 e. The van der Waals surface area contributed by atoms with E-state index in [-0.39, 0.29) is 12.2 Å². The number of fused-ring (bicyclic) bond motifs is 3. The monoisotopic (exact) mass is 251 g/mol. The number of nitrogens with zero attached hydrogens (tertiary/aromatic N) is 1. The Morgan fingerprint density at radius 1 is 1.11 bits per heavy atom. The minimum Gasteiger partial charge on any atom is -0.479 e. The van der Waals surface area contributed by atoms with E-state index in [1.165, 1.54) is 0 Å². The predicted molar refractivity (Wildman–Crippen MR) is 71.1 cm³/mol. The lowest BCUT2D eigenvalue weighted by Gasteiger charge is -2.05. The lowest BCUT2D eigenvalue weighted by Crippen LogP contribution is -2.00. The molecule has 0 fully saturated rings. The molecule has 0 spiro atoms. The lowest BCUT2D eigenvalue weighted by atomic mass is 10.1. The number of ether oxygens (including phenoxy) is 1. The van der Waals surface area contributed by atoms with Crippen LogP contribution in [0.25, 0.3) is 21.7 Å². The second kappa shape index (κ2) is 4.46. The highest BCUT2D eigenvalue weighted by Crippen LogP contribution is 2.26. The van der Waals surface area contributed by atoms with Gasteiger partial charge in [0.1, 0.15) is 17.4 Å². The Morgan fingerprint density at radius 2 is 1.89 bits per heavy atom. The van der Waals surface area contributed by atoms with Crippen LogP contribution in [-0.2, 0) is 0 Å². The highest BCUT2D eigenvalue weighted by atomic mass is 16.5. The van der Waals surface area contributed by atoms with E-state index in [0.717, 1.165) is 10.8 Å². The van der Waals surface area contributed by atoms with Crippen LogP contribution < -0.4 is 10.4 Å². The zero-order valence-corrected chi connectivity index (χ0v) is 9.92. The summed E-state index contributed by atoms with van der Waals surface area (Å²) < 4.78 is 10.5. The lowest BCUT2D eigenvalue weighted by molar-refractivity contribution is 0.368. The molecule has 0 aliphatic rings. The van der Waals surface area contributed by atoms with Gasteiger partial charge in [-0.05, 0) is 23.6 Å². The van der Waals surface area contributed by atoms with Crippen LogP contribution in [0.2, 0.25) is 0 Å². The van der Waals surface area contributed by atoms with E-state index < -0.39 is 0 Å². The van der Waals surface area contributed by atoms with Gasteiger partial charge < -0.3 is 9.15 Å². The van der Waals surface area contributed by atoms with Gasteiger partial charge in [-0.25, -0.2) is 4.79 Å². The molecule has 19 heavy (non-hydrogen) atoms. The number of hydrogen-bond donors (Lipinski definition) is 0. The van der Waals surface area contributed by atoms with Crippen molar-refractivity contribution in [3.8, 4) is 11.8 Å². The van der Waals surface area contributed by atoms with Crippen LogP contribution in [0.15, 0.2) is 51.7 Å². The third kappa shape index (κ3) is 1.91. The van der Waals surface area contributed by atoms with Crippen molar-refractivity contribution in [2.45, 2.75) is 0 Å². The van der Waals surface area contributed by atoms with Crippen LogP contribution >= 0.6 is 0 Å². The molecule has 4 nitrogen and oxygen atoms in total. The molecule has 3 rings (SSSR count). The average molecular weight is 251 g/mol. The first-order valence-electron chi connectivity index (χ1n) is 5.75. The van der Waals surface area contributed by atoms with Gasteiger partial charge in [-0.3, -0.25) is 0 Å². The van der Waals surface area contributed by atoms with Crippen molar-refractivity contribution < 1.29 is 9.15 Å². The summed E-state index contributed by atoms with van der Waals surface area (Å²) in [5, 5.41) is 10.7. The number of rotatable bonds is 2. The summed E-state index contributed by atoms with van der Waals surface area (Å²) in [5.41, 5.74) is 0.0830. The first kappa shape index (κ1) is 11.3. The minimum absolute atomic E-state index is 0.0384. The molecule has 1 aromatic heterocycles. The van der Waals surface area contributed by atoms with E-state index in [9.17, 15) is 4.79 Å². The fourth-order valence-electron chi connectivity index (χ4n) is 2.07. The molecule has 0 saturated carbocycles. The summed E-state index contributed by atoms with van der Waals surface area (Å²) in [5.74, 6) is 0.507. The average Bonchev–Trinajstić information content (AvgIpc) is 2.45. The Balaban J connectivity index is 2.28. The zero-order chi connectivity index (χ0) is 13.2. The molecule has 0 saturated heterocycles. The largest absolute Gasteiger partial charge is 0.479 e. The van der Waals surface area contributed by atoms with E-state index in [4.69, 9.17) is 14.4 Å². The van der Waals surface area contributed by atoms with Gasteiger partial charge in [0, 0.05) is 11.5 Å². The molecule has 1 heterocycles. The van der Waals surface area contributed by atoms with Gasteiger partial charge in [0.2, 0.25) is 0 Å². The second-order valence-electron chi connectivity index (χ2n) is 4.04. The smallest absolute Gasteiger partial charge is 0.344 e. The van der Waals surface area contributed by atoms with Gasteiger partial charge in [-0.15, -0.1) is 0 Å². The number of nitriles is 1. The Bertz CT molecular complexity index is 859. The normalized spacial score (nSPS) is 10.5. The minimum atomic E-state index is -0.375. The van der Waals surface area contributed by atoms with Crippen LogP contribution in [0, 0.1) is 11.3 Å². The Morgan fingerprint density at radius 3 is 2.68 bits per heavy atom. The standard InChI is InChI=1S/C15H9NO3/c16-7-8-18-10-5-6-12-11-3-1-2-4-13(11)15(17)19-14(12)9-10/h1-6,9H,8H2. The second-order valence-corrected chi connectivity index (χ2v) is 4.04. The molecule has 0 radical (unpaired) electrons. The molecular weight excluding hydrogens is 242 g/mol. The maximum atomic E-state index is 11.9. The van der Waals surface area contributed by atoms with Crippen molar-refractivity contribution in [2.24, 2.45) is 0 Å². The molecule has 0 amide bonds. The van der Waals surface area contributed by atoms with Crippen molar-refractivity contribution in [3.05, 3.63) is 52.9 Å². The Kier molecular flexibility index (Phi) is 2.66. The van der Waals surface area contributed by atoms with Crippen LogP contribution in [0.3, 0.4) is 0 Å². The summed E-state index contributed by atoms with van der Waals surface area (Å²) in [6.45, 7) is -0.0384. The molecule has 4 heteroatoms. The van der Waals surface area contributed by atoms with Crippen LogP contribution in [-0.4, -0.2) is 6.61 Å². The van der Waals surface area contributed by atoms with Gasteiger partial charge in [0.15, 0.2) is 6.61 Å². The summed E-state index contributed by atoms with van der Waals surface area (Å²) in [6, 6.07) is 14.4. The van der Waals surface area contributed by atoms with E-state index in [0.29, 0.717) is 16.7 Å². The molecule has 0 aliphatic heterocycles. The van der Waals surface area contributed by atoms with Gasteiger partial charge in [-0.1, -0.05) is 18.2 Å². The highest BCUT2D eigenvalue weighted by molar-refractivity contribution is 6.04. The highest BCUT2D eigenvalue weighted by Gasteiger charge is 2.07. The van der Waals surface area contributed by atoms with E-state index >= 15 is 0 Å². The quantitative estimate of drug-likeness (QED) is 0.519. The van der Waals surface area contributed by atoms with Crippen LogP contribution in [0.4, 0.5) is 0 Å². The van der Waals surface area contributed by atoms with Gasteiger partial charge in [0.25, 0.3) is 0 Å². The third-order valence-electron chi connectivity index (χ3n) is 2.90. The molecule has 0 N–H and O–H groups in total. The first-order chi connectivity index (χ1) is 9.29. The molecule has 0 unspecified atom stereocenters. The van der Waals surface area contributed by atoms with Crippen LogP contribution in [0.5, 0.6) is 5.75 Å². The Labute approximate surface area is 108 Å². The summed E-state index contributed by atoms with van der Waals surface area (Å²) in [6.07, 6.45) is 0. The van der Waals surface area contributed by atoms with Gasteiger partial charge >= 0.3 is 5.63 Å². The third-order valence-corrected chi connectivity index (χ3v) is 2.90. The molecule has 3 aromatic rings. The van der Waals surface area contributed by atoms with Crippen molar-refractivity contribution in [3.63, 3.8) is 0 Å². The number of benzene rings is 2. The predicted octanol–water partition coefficient (Wildman–Crippen LogP) is 2.85. The van der Waals surface area contributed by atoms with Crippen molar-refractivity contribution in [1.29, 1.82) is 5.26 Å². The Hall–Kier alpha value is -2.80. The molecule has 0 bridgehead atoms. The van der Waals surface area contributed by atoms with Crippen LogP contribution in [0.1, 0.15) is 0 Å². The fraction of sp³-hybridized carbons (Fsp3) is 0.0667. The summed E-state index contributed by atoms with van der Waals surface area (Å²) >= 11 is 0.